The van der Waals surface area contributed by atoms with Gasteiger partial charge in [-0.25, -0.2) is 0 Å². The maximum atomic E-state index is 6.24. The number of likely N-dealkylation sites (tertiary alicyclic amines) is 1. The third-order valence-corrected chi connectivity index (χ3v) is 4.83. The lowest BCUT2D eigenvalue weighted by Crippen LogP contribution is -2.23. The van der Waals surface area contributed by atoms with Crippen LogP contribution in [-0.2, 0) is 13.0 Å². The van der Waals surface area contributed by atoms with Crippen LogP contribution in [0.15, 0.2) is 6.07 Å². The van der Waals surface area contributed by atoms with Crippen LogP contribution in [0.2, 0.25) is 0 Å². The van der Waals surface area contributed by atoms with Crippen molar-refractivity contribution in [1.29, 1.82) is 0 Å². The first kappa shape index (κ1) is 13.2. The Bertz CT molecular complexity index is 429. The summed E-state index contributed by atoms with van der Waals surface area (Å²) < 4.78 is 2.53. The van der Waals surface area contributed by atoms with Crippen molar-refractivity contribution in [2.75, 3.05) is 19.6 Å². The smallest absolute Gasteiger partial charge is 0.0313 e. The average Bonchev–Trinajstić information content (AvgIpc) is 3.00. The van der Waals surface area contributed by atoms with Crippen LogP contribution in [0.5, 0.6) is 0 Å². The van der Waals surface area contributed by atoms with Crippen molar-refractivity contribution in [3.05, 3.63) is 23.0 Å². The lowest BCUT2D eigenvalue weighted by molar-refractivity contribution is 0.323. The van der Waals surface area contributed by atoms with Crippen molar-refractivity contribution >= 4 is 0 Å². The zero-order valence-corrected chi connectivity index (χ0v) is 12.2. The molecule has 1 aromatic rings. The lowest BCUT2D eigenvalue weighted by Gasteiger charge is -2.22. The van der Waals surface area contributed by atoms with Crippen molar-refractivity contribution in [3.8, 4) is 0 Å². The number of hydrogen-bond acceptors (Lipinski definition) is 2. The van der Waals surface area contributed by atoms with Gasteiger partial charge in [0.1, 0.15) is 0 Å². The Kier molecular flexibility index (Phi) is 3.94. The molecule has 1 aliphatic carbocycles. The molecule has 0 amide bonds. The van der Waals surface area contributed by atoms with Crippen LogP contribution in [0, 0.1) is 6.92 Å². The summed E-state index contributed by atoms with van der Waals surface area (Å²) in [7, 11) is 0. The highest BCUT2D eigenvalue weighted by molar-refractivity contribution is 5.32. The molecular formula is C16H27N3. The first-order chi connectivity index (χ1) is 9.25. The van der Waals surface area contributed by atoms with E-state index in [4.69, 9.17) is 5.73 Å². The predicted octanol–water partition coefficient (Wildman–Crippen LogP) is 2.62. The van der Waals surface area contributed by atoms with Gasteiger partial charge in [0.15, 0.2) is 0 Å². The summed E-state index contributed by atoms with van der Waals surface area (Å²) in [5, 5.41) is 0. The van der Waals surface area contributed by atoms with E-state index in [2.05, 4.69) is 22.5 Å². The molecule has 0 spiro atoms. The summed E-state index contributed by atoms with van der Waals surface area (Å²) in [6, 6.07) is 2.61. The minimum Gasteiger partial charge on any atom is -0.348 e. The van der Waals surface area contributed by atoms with E-state index in [1.54, 1.807) is 0 Å². The van der Waals surface area contributed by atoms with Gasteiger partial charge in [-0.15, -0.1) is 0 Å². The molecule has 3 nitrogen and oxygen atoms in total. The van der Waals surface area contributed by atoms with E-state index in [0.29, 0.717) is 0 Å². The van der Waals surface area contributed by atoms with E-state index in [9.17, 15) is 0 Å². The minimum atomic E-state index is 0.280. The summed E-state index contributed by atoms with van der Waals surface area (Å²) in [5.74, 6) is 0. The molecule has 3 heteroatoms. The van der Waals surface area contributed by atoms with Gasteiger partial charge in [-0.2, -0.15) is 0 Å². The molecule has 1 aliphatic heterocycles. The maximum absolute atomic E-state index is 6.24. The Morgan fingerprint density at radius 2 is 2.00 bits per heavy atom. The first-order valence-corrected chi connectivity index (χ1v) is 7.92. The second-order valence-corrected chi connectivity index (χ2v) is 6.24. The number of fused-ring (bicyclic) bond motifs is 1. The lowest BCUT2D eigenvalue weighted by atomic mass is 9.93. The fourth-order valence-electron chi connectivity index (χ4n) is 3.77. The summed E-state index contributed by atoms with van der Waals surface area (Å²) in [6.07, 6.45) is 7.70. The van der Waals surface area contributed by atoms with Gasteiger partial charge in [0, 0.05) is 24.0 Å². The van der Waals surface area contributed by atoms with Gasteiger partial charge in [0.2, 0.25) is 0 Å². The largest absolute Gasteiger partial charge is 0.348 e. The van der Waals surface area contributed by atoms with Crippen molar-refractivity contribution in [2.45, 2.75) is 58.0 Å². The van der Waals surface area contributed by atoms with Crippen LogP contribution in [0.25, 0.3) is 0 Å². The quantitative estimate of drug-likeness (QED) is 0.904. The third-order valence-electron chi connectivity index (χ3n) is 4.83. The standard InChI is InChI=1S/C16H27N3/c1-13-12-14-15(17)6-4-7-16(14)19(13)11-5-10-18-8-2-3-9-18/h12,15H,2-11,17H2,1H3. The van der Waals surface area contributed by atoms with Gasteiger partial charge in [-0.3, -0.25) is 0 Å². The topological polar surface area (TPSA) is 34.2 Å². The summed E-state index contributed by atoms with van der Waals surface area (Å²) in [6.45, 7) is 7.30. The van der Waals surface area contributed by atoms with Crippen LogP contribution < -0.4 is 5.73 Å². The molecule has 2 heterocycles. The van der Waals surface area contributed by atoms with Crippen LogP contribution in [-0.4, -0.2) is 29.1 Å². The molecule has 0 aromatic carbocycles. The van der Waals surface area contributed by atoms with E-state index in [-0.39, 0.29) is 6.04 Å². The molecule has 0 radical (unpaired) electrons. The molecule has 19 heavy (non-hydrogen) atoms. The number of aryl methyl sites for hydroxylation is 1. The van der Waals surface area contributed by atoms with E-state index in [0.717, 1.165) is 6.42 Å². The third kappa shape index (κ3) is 2.72. The summed E-state index contributed by atoms with van der Waals surface area (Å²) in [4.78, 5) is 2.61. The number of nitrogens with two attached hydrogens (primary N) is 1. The van der Waals surface area contributed by atoms with Gasteiger partial charge in [0.25, 0.3) is 0 Å². The van der Waals surface area contributed by atoms with Gasteiger partial charge < -0.3 is 15.2 Å². The van der Waals surface area contributed by atoms with Crippen molar-refractivity contribution in [1.82, 2.24) is 9.47 Å². The SMILES string of the molecule is Cc1cc2c(n1CCCN1CCCC1)CCCC2N. The van der Waals surface area contributed by atoms with Crippen molar-refractivity contribution in [2.24, 2.45) is 5.73 Å². The number of aromatic nitrogens is 1. The minimum absolute atomic E-state index is 0.280. The second-order valence-electron chi connectivity index (χ2n) is 6.24. The van der Waals surface area contributed by atoms with E-state index < -0.39 is 0 Å². The highest BCUT2D eigenvalue weighted by Gasteiger charge is 2.22. The fourth-order valence-corrected chi connectivity index (χ4v) is 3.77. The Labute approximate surface area is 116 Å². The molecule has 1 unspecified atom stereocenters. The molecule has 1 atom stereocenters. The van der Waals surface area contributed by atoms with Gasteiger partial charge >= 0.3 is 0 Å². The highest BCUT2D eigenvalue weighted by Crippen LogP contribution is 2.30. The van der Waals surface area contributed by atoms with E-state index in [1.165, 1.54) is 75.2 Å². The number of rotatable bonds is 4. The molecule has 1 saturated heterocycles. The monoisotopic (exact) mass is 261 g/mol. The second kappa shape index (κ2) is 5.68. The molecule has 1 aromatic heterocycles. The molecular weight excluding hydrogens is 234 g/mol. The Balaban J connectivity index is 1.63. The van der Waals surface area contributed by atoms with Crippen LogP contribution in [0.3, 0.4) is 0 Å². The van der Waals surface area contributed by atoms with Crippen LogP contribution in [0.1, 0.15) is 55.1 Å². The first-order valence-electron chi connectivity index (χ1n) is 7.92. The van der Waals surface area contributed by atoms with E-state index in [1.807, 2.05) is 0 Å². The van der Waals surface area contributed by atoms with Crippen molar-refractivity contribution in [3.63, 3.8) is 0 Å². The number of hydrogen-bond donors (Lipinski definition) is 1. The van der Waals surface area contributed by atoms with Gasteiger partial charge in [-0.05, 0) is 76.7 Å². The maximum Gasteiger partial charge on any atom is 0.0313 e. The molecule has 2 aliphatic rings. The van der Waals surface area contributed by atoms with Crippen LogP contribution >= 0.6 is 0 Å². The predicted molar refractivity (Wildman–Crippen MR) is 79.3 cm³/mol. The summed E-state index contributed by atoms with van der Waals surface area (Å²) in [5.41, 5.74) is 10.6. The zero-order chi connectivity index (χ0) is 13.2. The normalized spacial score (nSPS) is 23.8. The van der Waals surface area contributed by atoms with E-state index >= 15 is 0 Å². The zero-order valence-electron chi connectivity index (χ0n) is 12.2. The molecule has 3 rings (SSSR count). The van der Waals surface area contributed by atoms with Gasteiger partial charge in [-0.1, -0.05) is 0 Å². The molecule has 106 valence electrons. The molecule has 2 N–H and O–H groups in total. The molecule has 0 saturated carbocycles. The Morgan fingerprint density at radius 1 is 1.21 bits per heavy atom. The summed E-state index contributed by atoms with van der Waals surface area (Å²) >= 11 is 0. The molecule has 0 bridgehead atoms. The Hall–Kier alpha value is -0.800. The number of nitrogens with zero attached hydrogens (tertiary/aromatic N) is 2. The highest BCUT2D eigenvalue weighted by atomic mass is 15.1. The fraction of sp³-hybridized carbons (Fsp3) is 0.750. The van der Waals surface area contributed by atoms with Gasteiger partial charge in [0.05, 0.1) is 0 Å². The van der Waals surface area contributed by atoms with Crippen molar-refractivity contribution < 1.29 is 0 Å². The van der Waals surface area contributed by atoms with Crippen LogP contribution in [0.4, 0.5) is 0 Å². The molecule has 1 fully saturated rings. The average molecular weight is 261 g/mol. The Morgan fingerprint density at radius 3 is 2.79 bits per heavy atom.